The Hall–Kier alpha value is -2.01. The lowest BCUT2D eigenvalue weighted by Gasteiger charge is -2.42. The molecule has 1 aliphatic heterocycles. The monoisotopic (exact) mass is 362 g/mol. The average molecular weight is 362 g/mol. The highest BCUT2D eigenvalue weighted by Crippen LogP contribution is 2.50. The highest BCUT2D eigenvalue weighted by Gasteiger charge is 2.51. The number of carbonyl (C=O) groups is 1. The first kappa shape index (κ1) is 18.8. The number of alkyl halides is 1. The van der Waals surface area contributed by atoms with Crippen LogP contribution in [0.2, 0.25) is 0 Å². The molecular weight excluding hydrogens is 335 g/mol. The van der Waals surface area contributed by atoms with Gasteiger partial charge in [0, 0.05) is 24.7 Å². The van der Waals surface area contributed by atoms with Crippen LogP contribution in [0.4, 0.5) is 4.39 Å². The van der Waals surface area contributed by atoms with E-state index in [1.54, 1.807) is 6.20 Å². The van der Waals surface area contributed by atoms with Crippen molar-refractivity contribution in [3.8, 4) is 6.07 Å². The van der Waals surface area contributed by atoms with Crippen molar-refractivity contribution in [2.24, 2.45) is 11.3 Å². The number of carbonyl (C=O) groups excluding carboxylic acids is 1. The van der Waals surface area contributed by atoms with Gasteiger partial charge in [0.15, 0.2) is 0 Å². The molecule has 0 unspecified atom stereocenters. The first-order valence-corrected chi connectivity index (χ1v) is 9.19. The number of hydrogen-bond acceptors (Lipinski definition) is 5. The molecule has 8 heteroatoms. The molecule has 0 aromatic carbocycles. The van der Waals surface area contributed by atoms with Crippen LogP contribution in [-0.2, 0) is 11.3 Å². The fraction of sp³-hybridized carbons (Fsp3) is 0.778. The third-order valence-corrected chi connectivity index (χ3v) is 6.66. The van der Waals surface area contributed by atoms with Gasteiger partial charge >= 0.3 is 0 Å². The number of nitrogens with one attached hydrogen (secondary N) is 1. The SMILES string of the molecule is CC1(C)[C@H](Cn2ccnn2)CC[C@]1(C)NCC(=O)N1C[C@@H](F)C[C@H]1C#N. The first-order valence-electron chi connectivity index (χ1n) is 9.19. The van der Waals surface area contributed by atoms with E-state index in [2.05, 4.69) is 36.4 Å². The predicted octanol–water partition coefficient (Wildman–Crippen LogP) is 1.53. The van der Waals surface area contributed by atoms with Crippen LogP contribution in [-0.4, -0.2) is 56.6 Å². The van der Waals surface area contributed by atoms with Crippen LogP contribution in [0.15, 0.2) is 12.4 Å². The summed E-state index contributed by atoms with van der Waals surface area (Å²) in [6.45, 7) is 7.51. The second-order valence-electron chi connectivity index (χ2n) is 8.29. The molecule has 1 aliphatic carbocycles. The molecule has 1 amide bonds. The maximum atomic E-state index is 13.6. The molecule has 4 atom stereocenters. The number of amides is 1. The van der Waals surface area contributed by atoms with Gasteiger partial charge in [0.2, 0.25) is 5.91 Å². The number of nitrogens with zero attached hydrogens (tertiary/aromatic N) is 5. The molecule has 0 bridgehead atoms. The largest absolute Gasteiger partial charge is 0.323 e. The van der Waals surface area contributed by atoms with E-state index in [0.29, 0.717) is 5.92 Å². The third kappa shape index (κ3) is 3.32. The zero-order chi connectivity index (χ0) is 18.9. The zero-order valence-corrected chi connectivity index (χ0v) is 15.7. The average Bonchev–Trinajstić information content (AvgIpc) is 3.29. The minimum absolute atomic E-state index is 0.0216. The van der Waals surface area contributed by atoms with E-state index in [4.69, 9.17) is 5.26 Å². The Bertz CT molecular complexity index is 684. The molecule has 142 valence electrons. The molecule has 0 radical (unpaired) electrons. The highest BCUT2D eigenvalue weighted by molar-refractivity contribution is 5.79. The maximum absolute atomic E-state index is 13.6. The summed E-state index contributed by atoms with van der Waals surface area (Å²) < 4.78 is 15.4. The van der Waals surface area contributed by atoms with Gasteiger partial charge in [-0.15, -0.1) is 5.10 Å². The summed E-state index contributed by atoms with van der Waals surface area (Å²) in [6.07, 6.45) is 4.53. The molecule has 2 heterocycles. The van der Waals surface area contributed by atoms with Crippen LogP contribution >= 0.6 is 0 Å². The Morgan fingerprint density at radius 2 is 2.23 bits per heavy atom. The zero-order valence-electron chi connectivity index (χ0n) is 15.7. The summed E-state index contributed by atoms with van der Waals surface area (Å²) in [5.41, 5.74) is -0.271. The van der Waals surface area contributed by atoms with Gasteiger partial charge in [0.25, 0.3) is 0 Å². The predicted molar refractivity (Wildman–Crippen MR) is 93.6 cm³/mol. The smallest absolute Gasteiger partial charge is 0.237 e. The van der Waals surface area contributed by atoms with E-state index in [-0.39, 0.29) is 36.4 Å². The summed E-state index contributed by atoms with van der Waals surface area (Å²) in [6, 6.07) is 1.38. The normalized spacial score (nSPS) is 33.3. The van der Waals surface area contributed by atoms with E-state index in [1.807, 2.05) is 16.9 Å². The van der Waals surface area contributed by atoms with Gasteiger partial charge in [-0.3, -0.25) is 9.48 Å². The molecule has 2 aliphatic rings. The summed E-state index contributed by atoms with van der Waals surface area (Å²) >= 11 is 0. The van der Waals surface area contributed by atoms with E-state index in [1.165, 1.54) is 4.90 Å². The molecule has 1 aromatic rings. The molecule has 1 N–H and O–H groups in total. The number of halogens is 1. The van der Waals surface area contributed by atoms with Gasteiger partial charge < -0.3 is 10.2 Å². The Kier molecular flexibility index (Phi) is 5.02. The second-order valence-corrected chi connectivity index (χ2v) is 8.29. The van der Waals surface area contributed by atoms with Crippen molar-refractivity contribution in [1.82, 2.24) is 25.2 Å². The molecule has 1 saturated heterocycles. The van der Waals surface area contributed by atoms with Crippen LogP contribution < -0.4 is 5.32 Å². The third-order valence-electron chi connectivity index (χ3n) is 6.66. The number of rotatable bonds is 5. The van der Waals surface area contributed by atoms with Gasteiger partial charge in [0.05, 0.1) is 25.4 Å². The molecule has 7 nitrogen and oxygen atoms in total. The summed E-state index contributed by atoms with van der Waals surface area (Å²) in [5.74, 6) is 0.208. The van der Waals surface area contributed by atoms with Crippen molar-refractivity contribution in [2.45, 2.75) is 64.3 Å². The van der Waals surface area contributed by atoms with Crippen molar-refractivity contribution >= 4 is 5.91 Å². The lowest BCUT2D eigenvalue weighted by molar-refractivity contribution is -0.131. The van der Waals surface area contributed by atoms with Crippen LogP contribution in [0.3, 0.4) is 0 Å². The summed E-state index contributed by atoms with van der Waals surface area (Å²) in [4.78, 5) is 13.9. The van der Waals surface area contributed by atoms with Crippen molar-refractivity contribution in [3.63, 3.8) is 0 Å². The van der Waals surface area contributed by atoms with Crippen LogP contribution in [0, 0.1) is 22.7 Å². The van der Waals surface area contributed by atoms with Crippen molar-refractivity contribution in [3.05, 3.63) is 12.4 Å². The number of nitriles is 1. The topological polar surface area (TPSA) is 86.8 Å². The fourth-order valence-electron chi connectivity index (χ4n) is 4.34. The first-order chi connectivity index (χ1) is 12.3. The molecule has 2 fully saturated rings. The van der Waals surface area contributed by atoms with Gasteiger partial charge in [-0.05, 0) is 31.1 Å². The van der Waals surface area contributed by atoms with E-state index < -0.39 is 12.2 Å². The Morgan fingerprint density at radius 1 is 1.46 bits per heavy atom. The Balaban J connectivity index is 1.62. The van der Waals surface area contributed by atoms with Crippen molar-refractivity contribution in [1.29, 1.82) is 5.26 Å². The fourth-order valence-corrected chi connectivity index (χ4v) is 4.34. The quantitative estimate of drug-likeness (QED) is 0.858. The van der Waals surface area contributed by atoms with Gasteiger partial charge in [-0.25, -0.2) is 4.39 Å². The molecule has 1 saturated carbocycles. The number of hydrogen-bond donors (Lipinski definition) is 1. The summed E-state index contributed by atoms with van der Waals surface area (Å²) in [7, 11) is 0. The summed E-state index contributed by atoms with van der Waals surface area (Å²) in [5, 5.41) is 20.5. The Morgan fingerprint density at radius 3 is 2.88 bits per heavy atom. The van der Waals surface area contributed by atoms with Crippen LogP contribution in [0.25, 0.3) is 0 Å². The number of aromatic nitrogens is 3. The van der Waals surface area contributed by atoms with Gasteiger partial charge in [-0.2, -0.15) is 5.26 Å². The van der Waals surface area contributed by atoms with Crippen molar-refractivity contribution < 1.29 is 9.18 Å². The van der Waals surface area contributed by atoms with Crippen LogP contribution in [0.5, 0.6) is 0 Å². The maximum Gasteiger partial charge on any atom is 0.237 e. The molecule has 0 spiro atoms. The van der Waals surface area contributed by atoms with Gasteiger partial charge in [0.1, 0.15) is 12.2 Å². The van der Waals surface area contributed by atoms with E-state index in [9.17, 15) is 9.18 Å². The minimum Gasteiger partial charge on any atom is -0.323 e. The van der Waals surface area contributed by atoms with Crippen molar-refractivity contribution in [2.75, 3.05) is 13.1 Å². The Labute approximate surface area is 153 Å². The van der Waals surface area contributed by atoms with Crippen LogP contribution in [0.1, 0.15) is 40.0 Å². The standard InChI is InChI=1S/C18H27FN6O/c1-17(2)13(11-24-7-6-22-23-24)4-5-18(17,3)21-10-16(26)25-12-14(19)8-15(25)9-20/h6-7,13-15,21H,4-5,8,10-12H2,1-3H3/t13-,14-,15-,18-/m0/s1. The molecule has 3 rings (SSSR count). The highest BCUT2D eigenvalue weighted by atomic mass is 19.1. The lowest BCUT2D eigenvalue weighted by atomic mass is 9.71. The van der Waals surface area contributed by atoms with E-state index >= 15 is 0 Å². The molecule has 1 aromatic heterocycles. The lowest BCUT2D eigenvalue weighted by Crippen LogP contribution is -2.55. The molecular formula is C18H27FN6O. The molecule has 26 heavy (non-hydrogen) atoms. The second kappa shape index (κ2) is 6.95. The minimum atomic E-state index is -1.10. The van der Waals surface area contributed by atoms with Gasteiger partial charge in [-0.1, -0.05) is 19.1 Å². The number of likely N-dealkylation sites (tertiary alicyclic amines) is 1. The van der Waals surface area contributed by atoms with E-state index in [0.717, 1.165) is 19.4 Å².